The molecular formula is C25H25ClN6O2S. The summed E-state index contributed by atoms with van der Waals surface area (Å²) in [5, 5.41) is 4.90. The average molecular weight is 509 g/mol. The first kappa shape index (κ1) is 23.5. The van der Waals surface area contributed by atoms with Crippen molar-refractivity contribution in [2.24, 2.45) is 0 Å². The lowest BCUT2D eigenvalue weighted by atomic mass is 10.2. The Morgan fingerprint density at radius 2 is 1.57 bits per heavy atom. The van der Waals surface area contributed by atoms with E-state index >= 15 is 0 Å². The van der Waals surface area contributed by atoms with Gasteiger partial charge < -0.3 is 10.2 Å². The molecule has 0 spiro atoms. The molecule has 3 heterocycles. The Morgan fingerprint density at radius 3 is 2.26 bits per heavy atom. The molecule has 0 saturated carbocycles. The number of fused-ring (bicyclic) bond motifs is 1. The molecule has 0 aliphatic carbocycles. The topological polar surface area (TPSA) is 91.3 Å². The van der Waals surface area contributed by atoms with Gasteiger partial charge in [-0.25, -0.2) is 18.4 Å². The van der Waals surface area contributed by atoms with Crippen molar-refractivity contribution in [3.8, 4) is 0 Å². The van der Waals surface area contributed by atoms with Crippen LogP contribution in [0.2, 0.25) is 5.02 Å². The maximum absolute atomic E-state index is 13.2. The lowest BCUT2D eigenvalue weighted by molar-refractivity contribution is 0.382. The molecule has 8 nitrogen and oxygen atoms in total. The standard InChI is InChI=1S/C25H25ClN6O2S/c1-17-15-18(2)29-25(28-17)31-11-13-32(14-12-31)35(33,34)21-6-4-20(5-7-21)30-23-9-10-27-24-16-19(26)3-8-22(23)24/h3-10,15-16H,11-14H2,1-2H3,(H,27,30). The van der Waals surface area contributed by atoms with Gasteiger partial charge in [0.05, 0.1) is 10.4 Å². The molecule has 0 bridgehead atoms. The third-order valence-corrected chi connectivity index (χ3v) is 8.12. The molecule has 1 fully saturated rings. The molecule has 1 aliphatic rings. The van der Waals surface area contributed by atoms with Gasteiger partial charge in [0.1, 0.15) is 0 Å². The van der Waals surface area contributed by atoms with Gasteiger partial charge in [0, 0.05) is 65.5 Å². The first-order chi connectivity index (χ1) is 16.8. The molecule has 10 heteroatoms. The number of pyridine rings is 1. The number of hydrogen-bond acceptors (Lipinski definition) is 7. The lowest BCUT2D eigenvalue weighted by Crippen LogP contribution is -2.49. The van der Waals surface area contributed by atoms with Gasteiger partial charge in [-0.3, -0.25) is 4.98 Å². The molecule has 1 saturated heterocycles. The summed E-state index contributed by atoms with van der Waals surface area (Å²) in [5.41, 5.74) is 4.24. The van der Waals surface area contributed by atoms with Crippen LogP contribution in [0.5, 0.6) is 0 Å². The Morgan fingerprint density at radius 1 is 0.886 bits per heavy atom. The highest BCUT2D eigenvalue weighted by atomic mass is 35.5. The largest absolute Gasteiger partial charge is 0.355 e. The van der Waals surface area contributed by atoms with Crippen LogP contribution >= 0.6 is 11.6 Å². The highest BCUT2D eigenvalue weighted by Gasteiger charge is 2.29. The van der Waals surface area contributed by atoms with E-state index in [0.717, 1.165) is 33.7 Å². The lowest BCUT2D eigenvalue weighted by Gasteiger charge is -2.34. The number of aryl methyl sites for hydroxylation is 2. The maximum atomic E-state index is 13.2. The number of piperazine rings is 1. The number of sulfonamides is 1. The molecule has 2 aromatic heterocycles. The normalized spacial score (nSPS) is 14.9. The molecule has 0 unspecified atom stereocenters. The first-order valence-electron chi connectivity index (χ1n) is 11.3. The van der Waals surface area contributed by atoms with E-state index < -0.39 is 10.0 Å². The van der Waals surface area contributed by atoms with Gasteiger partial charge in [-0.05, 0) is 68.4 Å². The van der Waals surface area contributed by atoms with Crippen LogP contribution in [0.15, 0.2) is 65.7 Å². The van der Waals surface area contributed by atoms with Gasteiger partial charge in [-0.15, -0.1) is 0 Å². The van der Waals surface area contributed by atoms with Crippen LogP contribution in [0.25, 0.3) is 10.9 Å². The number of rotatable bonds is 5. The Bertz CT molecular complexity index is 1470. The third-order valence-electron chi connectivity index (χ3n) is 5.97. The van der Waals surface area contributed by atoms with E-state index in [4.69, 9.17) is 11.6 Å². The quantitative estimate of drug-likeness (QED) is 0.423. The van der Waals surface area contributed by atoms with E-state index in [0.29, 0.717) is 37.1 Å². The van der Waals surface area contributed by atoms with Gasteiger partial charge in [0.25, 0.3) is 0 Å². The van der Waals surface area contributed by atoms with Crippen molar-refractivity contribution in [3.05, 3.63) is 77.2 Å². The monoisotopic (exact) mass is 508 g/mol. The van der Waals surface area contributed by atoms with Crippen molar-refractivity contribution >= 4 is 49.9 Å². The van der Waals surface area contributed by atoms with Crippen molar-refractivity contribution < 1.29 is 8.42 Å². The Hall–Kier alpha value is -3.27. The van der Waals surface area contributed by atoms with Crippen LogP contribution in [-0.2, 0) is 10.0 Å². The van der Waals surface area contributed by atoms with E-state index in [9.17, 15) is 8.42 Å². The zero-order valence-corrected chi connectivity index (χ0v) is 21.0. The number of halogens is 1. The number of aromatic nitrogens is 3. The summed E-state index contributed by atoms with van der Waals surface area (Å²) in [4.78, 5) is 15.7. The summed E-state index contributed by atoms with van der Waals surface area (Å²) in [7, 11) is -3.60. The summed E-state index contributed by atoms with van der Waals surface area (Å²) in [6.45, 7) is 5.71. The molecule has 180 valence electrons. The Kier molecular flexibility index (Phi) is 6.31. The van der Waals surface area contributed by atoms with E-state index in [1.807, 2.05) is 49.1 Å². The second-order valence-corrected chi connectivity index (χ2v) is 10.9. The van der Waals surface area contributed by atoms with Crippen molar-refractivity contribution in [1.29, 1.82) is 0 Å². The molecule has 35 heavy (non-hydrogen) atoms. The predicted octanol–water partition coefficient (Wildman–Crippen LogP) is 4.55. The second-order valence-electron chi connectivity index (χ2n) is 8.51. The smallest absolute Gasteiger partial charge is 0.243 e. The Balaban J connectivity index is 1.29. The highest BCUT2D eigenvalue weighted by Crippen LogP contribution is 2.28. The molecule has 0 amide bonds. The maximum Gasteiger partial charge on any atom is 0.243 e. The van der Waals surface area contributed by atoms with Gasteiger partial charge in [-0.2, -0.15) is 4.31 Å². The molecule has 1 aliphatic heterocycles. The average Bonchev–Trinajstić information content (AvgIpc) is 2.84. The zero-order chi connectivity index (χ0) is 24.6. The van der Waals surface area contributed by atoms with E-state index in [1.54, 1.807) is 30.5 Å². The number of anilines is 3. The minimum Gasteiger partial charge on any atom is -0.355 e. The summed E-state index contributed by atoms with van der Waals surface area (Å²) in [5.74, 6) is 0.654. The van der Waals surface area contributed by atoms with Crippen molar-refractivity contribution in [2.45, 2.75) is 18.7 Å². The molecular weight excluding hydrogens is 484 g/mol. The van der Waals surface area contributed by atoms with Crippen molar-refractivity contribution in [3.63, 3.8) is 0 Å². The molecule has 1 N–H and O–H groups in total. The fourth-order valence-electron chi connectivity index (χ4n) is 4.22. The zero-order valence-electron chi connectivity index (χ0n) is 19.4. The molecule has 4 aromatic rings. The second kappa shape index (κ2) is 9.41. The van der Waals surface area contributed by atoms with Crippen LogP contribution in [0.4, 0.5) is 17.3 Å². The van der Waals surface area contributed by atoms with Gasteiger partial charge in [-0.1, -0.05) is 11.6 Å². The SMILES string of the molecule is Cc1cc(C)nc(N2CCN(S(=O)(=O)c3ccc(Nc4ccnc5cc(Cl)ccc45)cc3)CC2)n1. The molecule has 2 aromatic carbocycles. The van der Waals surface area contributed by atoms with Crippen molar-refractivity contribution in [2.75, 3.05) is 36.4 Å². The molecule has 0 atom stereocenters. The van der Waals surface area contributed by atoms with Gasteiger partial charge in [0.2, 0.25) is 16.0 Å². The van der Waals surface area contributed by atoms with Gasteiger partial charge >= 0.3 is 0 Å². The fraction of sp³-hybridized carbons (Fsp3) is 0.240. The number of nitrogens with one attached hydrogen (secondary N) is 1. The van der Waals surface area contributed by atoms with Gasteiger partial charge in [0.15, 0.2) is 0 Å². The Labute approximate surface area is 209 Å². The molecule has 0 radical (unpaired) electrons. The minimum atomic E-state index is -3.60. The first-order valence-corrected chi connectivity index (χ1v) is 13.1. The van der Waals surface area contributed by atoms with Crippen LogP contribution in [0.3, 0.4) is 0 Å². The van der Waals surface area contributed by atoms with Crippen LogP contribution in [0, 0.1) is 13.8 Å². The van der Waals surface area contributed by atoms with E-state index in [2.05, 4.69) is 20.3 Å². The van der Waals surface area contributed by atoms with E-state index in [1.165, 1.54) is 4.31 Å². The van der Waals surface area contributed by atoms with Crippen LogP contribution in [0.1, 0.15) is 11.4 Å². The van der Waals surface area contributed by atoms with E-state index in [-0.39, 0.29) is 4.90 Å². The number of benzene rings is 2. The summed E-state index contributed by atoms with van der Waals surface area (Å²) in [6.07, 6.45) is 1.71. The van der Waals surface area contributed by atoms with Crippen LogP contribution in [-0.4, -0.2) is 53.9 Å². The van der Waals surface area contributed by atoms with Crippen LogP contribution < -0.4 is 10.2 Å². The summed E-state index contributed by atoms with van der Waals surface area (Å²) < 4.78 is 28.0. The molecule has 5 rings (SSSR count). The summed E-state index contributed by atoms with van der Waals surface area (Å²) >= 11 is 6.08. The predicted molar refractivity (Wildman–Crippen MR) is 139 cm³/mol. The third kappa shape index (κ3) is 4.93. The minimum absolute atomic E-state index is 0.269. The number of hydrogen-bond donors (Lipinski definition) is 1. The highest BCUT2D eigenvalue weighted by molar-refractivity contribution is 7.89. The number of nitrogens with zero attached hydrogens (tertiary/aromatic N) is 5. The fourth-order valence-corrected chi connectivity index (χ4v) is 5.81. The van der Waals surface area contributed by atoms with Crippen molar-refractivity contribution in [1.82, 2.24) is 19.3 Å². The summed E-state index contributed by atoms with van der Waals surface area (Å²) in [6, 6.07) is 16.2.